The fourth-order valence-electron chi connectivity index (χ4n) is 2.37. The quantitative estimate of drug-likeness (QED) is 0.920. The van der Waals surface area contributed by atoms with Gasteiger partial charge in [-0.1, -0.05) is 12.1 Å². The molecule has 1 fully saturated rings. The number of hydrogen-bond donors (Lipinski definition) is 1. The Morgan fingerprint density at radius 2 is 2.35 bits per heavy atom. The van der Waals surface area contributed by atoms with Crippen LogP contribution >= 0.6 is 11.3 Å². The second-order valence-corrected chi connectivity index (χ2v) is 6.13. The largest absolute Gasteiger partial charge is 0.376 e. The second kappa shape index (κ2) is 6.33. The molecule has 1 saturated heterocycles. The summed E-state index contributed by atoms with van der Waals surface area (Å²) in [6.07, 6.45) is 3.56. The monoisotopic (exact) mass is 290 g/mol. The standard InChI is InChI=1S/C15H18N2O2S/c18-14(16-10-11-4-3-9-19-11)7-8-15-17-12-5-1-2-6-13(12)20-15/h1-2,5-6,11H,3-4,7-10H2,(H,16,18)/t11-/m1/s1. The number of ether oxygens (including phenoxy) is 1. The molecule has 1 amide bonds. The van der Waals surface area contributed by atoms with Crippen LogP contribution in [0.4, 0.5) is 0 Å². The summed E-state index contributed by atoms with van der Waals surface area (Å²) in [5.41, 5.74) is 1.02. The molecule has 2 heterocycles. The maximum Gasteiger partial charge on any atom is 0.220 e. The third kappa shape index (κ3) is 3.35. The van der Waals surface area contributed by atoms with Crippen molar-refractivity contribution < 1.29 is 9.53 Å². The van der Waals surface area contributed by atoms with E-state index >= 15 is 0 Å². The van der Waals surface area contributed by atoms with Gasteiger partial charge in [-0.2, -0.15) is 0 Å². The van der Waals surface area contributed by atoms with Gasteiger partial charge in [-0.25, -0.2) is 4.98 Å². The van der Waals surface area contributed by atoms with E-state index in [0.717, 1.165) is 30.0 Å². The lowest BCUT2D eigenvalue weighted by molar-refractivity contribution is -0.121. The van der Waals surface area contributed by atoms with Gasteiger partial charge in [0.05, 0.1) is 21.3 Å². The van der Waals surface area contributed by atoms with E-state index in [2.05, 4.69) is 16.4 Å². The van der Waals surface area contributed by atoms with Crippen LogP contribution in [0.1, 0.15) is 24.3 Å². The van der Waals surface area contributed by atoms with Gasteiger partial charge in [-0.15, -0.1) is 11.3 Å². The van der Waals surface area contributed by atoms with Crippen LogP contribution < -0.4 is 5.32 Å². The van der Waals surface area contributed by atoms with Crippen LogP contribution in [0.25, 0.3) is 10.2 Å². The number of benzene rings is 1. The maximum atomic E-state index is 11.8. The van der Waals surface area contributed by atoms with E-state index in [1.165, 1.54) is 4.70 Å². The molecule has 1 atom stereocenters. The number of rotatable bonds is 5. The Balaban J connectivity index is 1.47. The molecule has 1 aromatic heterocycles. The number of carbonyl (C=O) groups excluding carboxylic acids is 1. The van der Waals surface area contributed by atoms with Crippen LogP contribution in [0.2, 0.25) is 0 Å². The van der Waals surface area contributed by atoms with Gasteiger partial charge in [0, 0.05) is 26.0 Å². The molecule has 0 saturated carbocycles. The first-order chi connectivity index (χ1) is 9.81. The number of thiazole rings is 1. The zero-order valence-electron chi connectivity index (χ0n) is 11.3. The molecular weight excluding hydrogens is 272 g/mol. The normalized spacial score (nSPS) is 18.5. The van der Waals surface area contributed by atoms with Crippen LogP contribution in [0.15, 0.2) is 24.3 Å². The fourth-order valence-corrected chi connectivity index (χ4v) is 3.34. The van der Waals surface area contributed by atoms with Crippen LogP contribution in [0, 0.1) is 0 Å². The Hall–Kier alpha value is -1.46. The molecule has 0 aliphatic carbocycles. The summed E-state index contributed by atoms with van der Waals surface area (Å²) in [6.45, 7) is 1.46. The van der Waals surface area contributed by atoms with E-state index in [4.69, 9.17) is 4.74 Å². The minimum atomic E-state index is 0.0831. The Morgan fingerprint density at radius 1 is 1.45 bits per heavy atom. The summed E-state index contributed by atoms with van der Waals surface area (Å²) in [5, 5.41) is 3.97. The van der Waals surface area contributed by atoms with E-state index in [1.54, 1.807) is 11.3 Å². The average Bonchev–Trinajstić information content (AvgIpc) is 3.11. The summed E-state index contributed by atoms with van der Waals surface area (Å²) in [5.74, 6) is 0.0831. The third-order valence-corrected chi connectivity index (χ3v) is 4.55. The van der Waals surface area contributed by atoms with E-state index in [1.807, 2.05) is 18.2 Å². The van der Waals surface area contributed by atoms with Crippen molar-refractivity contribution in [2.45, 2.75) is 31.8 Å². The van der Waals surface area contributed by atoms with Crippen molar-refractivity contribution in [1.82, 2.24) is 10.3 Å². The van der Waals surface area contributed by atoms with Crippen molar-refractivity contribution in [2.75, 3.05) is 13.2 Å². The number of aryl methyl sites for hydroxylation is 1. The highest BCUT2D eigenvalue weighted by Gasteiger charge is 2.16. The van der Waals surface area contributed by atoms with Crippen molar-refractivity contribution in [3.8, 4) is 0 Å². The van der Waals surface area contributed by atoms with Crippen molar-refractivity contribution in [1.29, 1.82) is 0 Å². The molecule has 1 aliphatic rings. The number of hydrogen-bond acceptors (Lipinski definition) is 4. The van der Waals surface area contributed by atoms with E-state index in [-0.39, 0.29) is 12.0 Å². The highest BCUT2D eigenvalue weighted by Crippen LogP contribution is 2.22. The molecule has 106 valence electrons. The SMILES string of the molecule is O=C(CCc1nc2ccccc2s1)NC[C@H]1CCCO1. The lowest BCUT2D eigenvalue weighted by Gasteiger charge is -2.10. The first-order valence-corrected chi connectivity index (χ1v) is 7.85. The smallest absolute Gasteiger partial charge is 0.220 e. The minimum Gasteiger partial charge on any atom is -0.376 e. The molecule has 0 bridgehead atoms. The Morgan fingerprint density at radius 3 is 3.15 bits per heavy atom. The van der Waals surface area contributed by atoms with Crippen molar-refractivity contribution in [2.24, 2.45) is 0 Å². The van der Waals surface area contributed by atoms with E-state index in [9.17, 15) is 4.79 Å². The molecule has 3 rings (SSSR count). The summed E-state index contributed by atoms with van der Waals surface area (Å²) in [6, 6.07) is 8.07. The molecule has 0 spiro atoms. The number of nitrogens with zero attached hydrogens (tertiary/aromatic N) is 1. The zero-order valence-corrected chi connectivity index (χ0v) is 12.1. The van der Waals surface area contributed by atoms with E-state index < -0.39 is 0 Å². The molecule has 5 heteroatoms. The first kappa shape index (κ1) is 13.5. The van der Waals surface area contributed by atoms with Gasteiger partial charge >= 0.3 is 0 Å². The lowest BCUT2D eigenvalue weighted by atomic mass is 10.2. The molecule has 0 unspecified atom stereocenters. The highest BCUT2D eigenvalue weighted by molar-refractivity contribution is 7.18. The number of amides is 1. The van der Waals surface area contributed by atoms with Gasteiger partial charge in [-0.3, -0.25) is 4.79 Å². The maximum absolute atomic E-state index is 11.8. The van der Waals surface area contributed by atoms with Crippen LogP contribution in [0.3, 0.4) is 0 Å². The van der Waals surface area contributed by atoms with Crippen molar-refractivity contribution >= 4 is 27.5 Å². The van der Waals surface area contributed by atoms with Crippen LogP contribution in [0.5, 0.6) is 0 Å². The second-order valence-electron chi connectivity index (χ2n) is 5.01. The van der Waals surface area contributed by atoms with Gasteiger partial charge in [0.2, 0.25) is 5.91 Å². The van der Waals surface area contributed by atoms with Gasteiger partial charge in [0.15, 0.2) is 0 Å². The molecule has 1 aliphatic heterocycles. The Labute approximate surface area is 122 Å². The predicted octanol–water partition coefficient (Wildman–Crippen LogP) is 2.52. The van der Waals surface area contributed by atoms with Crippen LogP contribution in [-0.4, -0.2) is 30.1 Å². The van der Waals surface area contributed by atoms with Crippen molar-refractivity contribution in [3.63, 3.8) is 0 Å². The van der Waals surface area contributed by atoms with Gasteiger partial charge in [-0.05, 0) is 25.0 Å². The molecule has 2 aromatic rings. The van der Waals surface area contributed by atoms with Gasteiger partial charge in [0.1, 0.15) is 0 Å². The lowest BCUT2D eigenvalue weighted by Crippen LogP contribution is -2.31. The Kier molecular flexibility index (Phi) is 4.28. The number of nitrogens with one attached hydrogen (secondary N) is 1. The number of fused-ring (bicyclic) bond motifs is 1. The molecule has 1 N–H and O–H groups in total. The molecule has 4 nitrogen and oxygen atoms in total. The topological polar surface area (TPSA) is 51.2 Å². The summed E-state index contributed by atoms with van der Waals surface area (Å²) < 4.78 is 6.66. The molecular formula is C15H18N2O2S. The summed E-state index contributed by atoms with van der Waals surface area (Å²) >= 11 is 1.67. The molecule has 20 heavy (non-hydrogen) atoms. The van der Waals surface area contributed by atoms with Crippen LogP contribution in [-0.2, 0) is 16.0 Å². The zero-order chi connectivity index (χ0) is 13.8. The summed E-state index contributed by atoms with van der Waals surface area (Å²) in [4.78, 5) is 16.3. The van der Waals surface area contributed by atoms with Gasteiger partial charge < -0.3 is 10.1 Å². The number of para-hydroxylation sites is 1. The highest BCUT2D eigenvalue weighted by atomic mass is 32.1. The number of aromatic nitrogens is 1. The van der Waals surface area contributed by atoms with Gasteiger partial charge in [0.25, 0.3) is 0 Å². The molecule has 0 radical (unpaired) electrons. The van der Waals surface area contributed by atoms with E-state index in [0.29, 0.717) is 19.4 Å². The Bertz CT molecular complexity index is 557. The predicted molar refractivity (Wildman–Crippen MR) is 79.9 cm³/mol. The fraction of sp³-hybridized carbons (Fsp3) is 0.467. The molecule has 1 aromatic carbocycles. The summed E-state index contributed by atoms with van der Waals surface area (Å²) in [7, 11) is 0. The number of carbonyl (C=O) groups is 1. The minimum absolute atomic E-state index is 0.0831. The van der Waals surface area contributed by atoms with Crippen molar-refractivity contribution in [3.05, 3.63) is 29.3 Å². The average molecular weight is 290 g/mol. The third-order valence-electron chi connectivity index (χ3n) is 3.45. The first-order valence-electron chi connectivity index (χ1n) is 7.04.